The van der Waals surface area contributed by atoms with Gasteiger partial charge in [-0.25, -0.2) is 0 Å². The third kappa shape index (κ3) is 2.83. The number of nitrogens with zero attached hydrogens (tertiary/aromatic N) is 1. The van der Waals surface area contributed by atoms with Crippen LogP contribution in [0.5, 0.6) is 0 Å². The van der Waals surface area contributed by atoms with E-state index in [1.807, 2.05) is 45.0 Å². The molecule has 0 aliphatic carbocycles. The third-order valence-electron chi connectivity index (χ3n) is 1.91. The highest BCUT2D eigenvalue weighted by molar-refractivity contribution is 6.30. The minimum Gasteiger partial charge on any atom is -0.364 e. The Morgan fingerprint density at radius 2 is 1.73 bits per heavy atom. The van der Waals surface area contributed by atoms with Crippen molar-refractivity contribution in [1.82, 2.24) is 5.16 Å². The van der Waals surface area contributed by atoms with E-state index in [4.69, 9.17) is 16.1 Å². The molecule has 2 aromatic rings. The zero-order chi connectivity index (χ0) is 11.3. The van der Waals surface area contributed by atoms with Gasteiger partial charge in [0.25, 0.3) is 0 Å². The van der Waals surface area contributed by atoms with E-state index in [-0.39, 0.29) is 0 Å². The SMILES string of the molecule is CC.Cc1nocc1-c1ccc(Cl)cc1. The van der Waals surface area contributed by atoms with Crippen LogP contribution in [0.3, 0.4) is 0 Å². The summed E-state index contributed by atoms with van der Waals surface area (Å²) in [6.45, 7) is 5.91. The quantitative estimate of drug-likeness (QED) is 0.719. The van der Waals surface area contributed by atoms with Crippen LogP contribution in [0.4, 0.5) is 0 Å². The highest BCUT2D eigenvalue weighted by Crippen LogP contribution is 2.23. The van der Waals surface area contributed by atoms with E-state index < -0.39 is 0 Å². The van der Waals surface area contributed by atoms with Crippen LogP contribution >= 0.6 is 11.6 Å². The first-order valence-corrected chi connectivity index (χ1v) is 5.32. The number of rotatable bonds is 1. The van der Waals surface area contributed by atoms with Crippen molar-refractivity contribution in [3.63, 3.8) is 0 Å². The van der Waals surface area contributed by atoms with Crippen molar-refractivity contribution in [3.8, 4) is 11.1 Å². The van der Waals surface area contributed by atoms with Crippen molar-refractivity contribution in [2.45, 2.75) is 20.8 Å². The van der Waals surface area contributed by atoms with E-state index in [0.717, 1.165) is 21.8 Å². The molecule has 0 aliphatic rings. The Morgan fingerprint density at radius 3 is 2.20 bits per heavy atom. The summed E-state index contributed by atoms with van der Waals surface area (Å²) in [6.07, 6.45) is 1.64. The summed E-state index contributed by atoms with van der Waals surface area (Å²) in [7, 11) is 0. The first-order chi connectivity index (χ1) is 7.27. The van der Waals surface area contributed by atoms with Crippen LogP contribution in [0.2, 0.25) is 5.02 Å². The lowest BCUT2D eigenvalue weighted by Crippen LogP contribution is -1.77. The lowest BCUT2D eigenvalue weighted by Gasteiger charge is -1.96. The minimum absolute atomic E-state index is 0.734. The van der Waals surface area contributed by atoms with Gasteiger partial charge in [0.05, 0.1) is 5.69 Å². The van der Waals surface area contributed by atoms with Crippen LogP contribution < -0.4 is 0 Å². The van der Waals surface area contributed by atoms with Gasteiger partial charge in [-0.3, -0.25) is 0 Å². The lowest BCUT2D eigenvalue weighted by atomic mass is 10.1. The fourth-order valence-electron chi connectivity index (χ4n) is 1.20. The number of hydrogen-bond donors (Lipinski definition) is 0. The van der Waals surface area contributed by atoms with Gasteiger partial charge >= 0.3 is 0 Å². The van der Waals surface area contributed by atoms with Crippen molar-refractivity contribution in [2.24, 2.45) is 0 Å². The molecule has 1 heterocycles. The van der Waals surface area contributed by atoms with Crippen molar-refractivity contribution in [1.29, 1.82) is 0 Å². The summed E-state index contributed by atoms with van der Waals surface area (Å²) in [6, 6.07) is 7.59. The predicted octanol–water partition coefficient (Wildman–Crippen LogP) is 4.33. The van der Waals surface area contributed by atoms with E-state index in [1.165, 1.54) is 0 Å². The molecule has 2 rings (SSSR count). The summed E-state index contributed by atoms with van der Waals surface area (Å²) in [5, 5.41) is 4.54. The maximum atomic E-state index is 5.77. The van der Waals surface area contributed by atoms with Gasteiger partial charge in [-0.05, 0) is 24.6 Å². The first kappa shape index (κ1) is 11.8. The molecule has 0 saturated carbocycles. The van der Waals surface area contributed by atoms with Crippen LogP contribution in [-0.2, 0) is 0 Å². The molecule has 0 atom stereocenters. The summed E-state index contributed by atoms with van der Waals surface area (Å²) < 4.78 is 4.85. The zero-order valence-corrected chi connectivity index (χ0v) is 9.88. The van der Waals surface area contributed by atoms with Crippen LogP contribution in [0.25, 0.3) is 11.1 Å². The molecule has 0 amide bonds. The number of aromatic nitrogens is 1. The van der Waals surface area contributed by atoms with E-state index >= 15 is 0 Å². The highest BCUT2D eigenvalue weighted by atomic mass is 35.5. The van der Waals surface area contributed by atoms with Crippen LogP contribution in [0.1, 0.15) is 19.5 Å². The van der Waals surface area contributed by atoms with Crippen LogP contribution in [0.15, 0.2) is 35.1 Å². The molecular weight excluding hydrogens is 210 g/mol. The second-order valence-electron chi connectivity index (χ2n) is 2.82. The average Bonchev–Trinajstić information content (AvgIpc) is 2.69. The fraction of sp³-hybridized carbons (Fsp3) is 0.250. The van der Waals surface area contributed by atoms with E-state index in [0.29, 0.717) is 0 Å². The monoisotopic (exact) mass is 223 g/mol. The van der Waals surface area contributed by atoms with Gasteiger partial charge in [0.2, 0.25) is 0 Å². The molecule has 0 spiro atoms. The molecule has 0 aliphatic heterocycles. The molecular formula is C12H14ClNO. The Morgan fingerprint density at radius 1 is 1.13 bits per heavy atom. The Labute approximate surface area is 94.9 Å². The smallest absolute Gasteiger partial charge is 0.131 e. The molecule has 0 bridgehead atoms. The molecule has 0 radical (unpaired) electrons. The maximum Gasteiger partial charge on any atom is 0.131 e. The van der Waals surface area contributed by atoms with Gasteiger partial charge < -0.3 is 4.52 Å². The van der Waals surface area contributed by atoms with Crippen molar-refractivity contribution >= 4 is 11.6 Å². The summed E-state index contributed by atoms with van der Waals surface area (Å²) in [4.78, 5) is 0. The molecule has 1 aromatic heterocycles. The standard InChI is InChI=1S/C10H8ClNO.C2H6/c1-7-10(6-13-12-7)8-2-4-9(11)5-3-8;1-2/h2-6H,1H3;1-2H3. The number of aryl methyl sites for hydroxylation is 1. The van der Waals surface area contributed by atoms with Gasteiger partial charge in [0.15, 0.2) is 0 Å². The summed E-state index contributed by atoms with van der Waals surface area (Å²) >= 11 is 5.77. The van der Waals surface area contributed by atoms with Crippen molar-refractivity contribution < 1.29 is 4.52 Å². The second kappa shape index (κ2) is 5.56. The number of halogens is 1. The van der Waals surface area contributed by atoms with Crippen molar-refractivity contribution in [2.75, 3.05) is 0 Å². The molecule has 2 nitrogen and oxygen atoms in total. The molecule has 80 valence electrons. The Hall–Kier alpha value is -1.28. The lowest BCUT2D eigenvalue weighted by molar-refractivity contribution is 0.415. The van der Waals surface area contributed by atoms with Crippen molar-refractivity contribution in [3.05, 3.63) is 41.2 Å². The van der Waals surface area contributed by atoms with E-state index in [9.17, 15) is 0 Å². The van der Waals surface area contributed by atoms with Gasteiger partial charge in [-0.2, -0.15) is 0 Å². The molecule has 0 unspecified atom stereocenters. The topological polar surface area (TPSA) is 26.0 Å². The minimum atomic E-state index is 0.734. The Balaban J connectivity index is 0.000000531. The number of hydrogen-bond acceptors (Lipinski definition) is 2. The fourth-order valence-corrected chi connectivity index (χ4v) is 1.32. The molecule has 1 aromatic carbocycles. The Kier molecular flexibility index (Phi) is 4.37. The predicted molar refractivity (Wildman–Crippen MR) is 63.0 cm³/mol. The highest BCUT2D eigenvalue weighted by Gasteiger charge is 2.04. The molecule has 0 fully saturated rings. The van der Waals surface area contributed by atoms with Crippen LogP contribution in [0, 0.1) is 6.92 Å². The zero-order valence-electron chi connectivity index (χ0n) is 9.12. The average molecular weight is 224 g/mol. The molecule has 0 N–H and O–H groups in total. The number of benzene rings is 1. The van der Waals surface area contributed by atoms with E-state index in [2.05, 4.69) is 5.16 Å². The van der Waals surface area contributed by atoms with E-state index in [1.54, 1.807) is 6.26 Å². The normalized spacial score (nSPS) is 9.33. The van der Waals surface area contributed by atoms with Crippen LogP contribution in [-0.4, -0.2) is 5.16 Å². The van der Waals surface area contributed by atoms with Gasteiger partial charge in [0, 0.05) is 10.6 Å². The largest absolute Gasteiger partial charge is 0.364 e. The second-order valence-corrected chi connectivity index (χ2v) is 3.26. The molecule has 15 heavy (non-hydrogen) atoms. The maximum absolute atomic E-state index is 5.77. The first-order valence-electron chi connectivity index (χ1n) is 4.94. The third-order valence-corrected chi connectivity index (χ3v) is 2.16. The summed E-state index contributed by atoms with van der Waals surface area (Å²) in [5.74, 6) is 0. The van der Waals surface area contributed by atoms with Gasteiger partial charge in [-0.1, -0.05) is 42.7 Å². The molecule has 3 heteroatoms. The van der Waals surface area contributed by atoms with Gasteiger partial charge in [0.1, 0.15) is 6.26 Å². The summed E-state index contributed by atoms with van der Waals surface area (Å²) in [5.41, 5.74) is 2.97. The Bertz CT molecular complexity index is 406. The van der Waals surface area contributed by atoms with Gasteiger partial charge in [-0.15, -0.1) is 0 Å². The molecule has 0 saturated heterocycles.